The second-order valence-electron chi connectivity index (χ2n) is 5.73. The number of hydrogen-bond acceptors (Lipinski definition) is 2. The Balaban J connectivity index is 3.09. The topological polar surface area (TPSA) is 26.3 Å². The molecule has 5 heteroatoms. The molecule has 0 aliphatic heterocycles. The van der Waals surface area contributed by atoms with E-state index in [0.29, 0.717) is 6.61 Å². The number of rotatable bonds is 14. The third-order valence-electron chi connectivity index (χ3n) is 3.42. The maximum atomic E-state index is 10.8. The maximum Gasteiger partial charge on any atom is 0.330 e. The highest BCUT2D eigenvalue weighted by atomic mass is 35.5. The number of esters is 1. The molecule has 0 aromatic rings. The number of carbonyl (C=O) groups excluding carboxylic acids is 1. The molecule has 0 unspecified atom stereocenters. The van der Waals surface area contributed by atoms with Crippen molar-refractivity contribution in [1.82, 2.24) is 0 Å². The number of unbranched alkanes of at least 4 members (excludes halogenated alkanes) is 9. The standard InChI is InChI=1S/C16H30Cl2O2Si/c1-2-15(19)20-14-12-10-8-6-4-3-5-7-9-11-13-16(17,18)21/h2H,1,3-14H2,21H3. The van der Waals surface area contributed by atoms with Gasteiger partial charge >= 0.3 is 5.97 Å². The van der Waals surface area contributed by atoms with E-state index in [1.54, 1.807) is 0 Å². The van der Waals surface area contributed by atoms with Gasteiger partial charge in [-0.1, -0.05) is 64.4 Å². The molecule has 0 N–H and O–H groups in total. The number of carbonyl (C=O) groups is 1. The Morgan fingerprint density at radius 3 is 1.81 bits per heavy atom. The van der Waals surface area contributed by atoms with E-state index in [1.807, 2.05) is 0 Å². The predicted octanol–water partition coefficient (Wildman–Crippen LogP) is 4.50. The minimum Gasteiger partial charge on any atom is -0.463 e. The summed E-state index contributed by atoms with van der Waals surface area (Å²) < 4.78 is 4.51. The molecule has 0 aromatic heterocycles. The zero-order valence-corrected chi connectivity index (χ0v) is 16.9. The molecule has 0 spiro atoms. The lowest BCUT2D eigenvalue weighted by Crippen LogP contribution is -2.11. The minimum atomic E-state index is -0.417. The quantitative estimate of drug-likeness (QED) is 0.151. The molecule has 0 atom stereocenters. The fourth-order valence-electron chi connectivity index (χ4n) is 2.18. The van der Waals surface area contributed by atoms with E-state index in [1.165, 1.54) is 51.0 Å². The van der Waals surface area contributed by atoms with Crippen LogP contribution in [0.3, 0.4) is 0 Å². The molecule has 0 radical (unpaired) electrons. The van der Waals surface area contributed by atoms with Crippen LogP contribution < -0.4 is 0 Å². The summed E-state index contributed by atoms with van der Waals surface area (Å²) in [5, 5.41) is 0. The third kappa shape index (κ3) is 18.0. The first-order chi connectivity index (χ1) is 9.95. The van der Waals surface area contributed by atoms with E-state index in [-0.39, 0.29) is 5.97 Å². The highest BCUT2D eigenvalue weighted by Gasteiger charge is 2.14. The van der Waals surface area contributed by atoms with Gasteiger partial charge in [-0.15, -0.1) is 23.2 Å². The van der Waals surface area contributed by atoms with Gasteiger partial charge in [-0.3, -0.25) is 0 Å². The first-order valence-corrected chi connectivity index (χ1v) is 9.88. The number of alkyl halides is 2. The summed E-state index contributed by atoms with van der Waals surface area (Å²) in [4.78, 5) is 10.8. The zero-order valence-electron chi connectivity index (χ0n) is 13.3. The van der Waals surface area contributed by atoms with Gasteiger partial charge < -0.3 is 4.74 Å². The van der Waals surface area contributed by atoms with Crippen LogP contribution in [0.5, 0.6) is 0 Å². The van der Waals surface area contributed by atoms with E-state index >= 15 is 0 Å². The lowest BCUT2D eigenvalue weighted by molar-refractivity contribution is -0.137. The molecule has 0 aliphatic rings. The normalized spacial score (nSPS) is 11.5. The summed E-state index contributed by atoms with van der Waals surface area (Å²) in [7, 11) is 0.846. The number of hydrogen-bond donors (Lipinski definition) is 0. The summed E-state index contributed by atoms with van der Waals surface area (Å²) in [5.74, 6) is -0.319. The summed E-state index contributed by atoms with van der Waals surface area (Å²) in [6, 6.07) is 0. The molecular weight excluding hydrogens is 323 g/mol. The van der Waals surface area contributed by atoms with Gasteiger partial charge in [0.15, 0.2) is 0 Å². The Morgan fingerprint density at radius 1 is 0.952 bits per heavy atom. The van der Waals surface area contributed by atoms with E-state index in [2.05, 4.69) is 6.58 Å². The Morgan fingerprint density at radius 2 is 1.38 bits per heavy atom. The summed E-state index contributed by atoms with van der Waals surface area (Å²) in [5.41, 5.74) is 0. The van der Waals surface area contributed by atoms with E-state index in [0.717, 1.165) is 35.9 Å². The van der Waals surface area contributed by atoms with Crippen molar-refractivity contribution in [3.8, 4) is 0 Å². The monoisotopic (exact) mass is 352 g/mol. The third-order valence-corrected chi connectivity index (χ3v) is 4.30. The van der Waals surface area contributed by atoms with Crippen LogP contribution in [0.4, 0.5) is 0 Å². The van der Waals surface area contributed by atoms with Crippen LogP contribution in [0.2, 0.25) is 0 Å². The second kappa shape index (κ2) is 13.7. The van der Waals surface area contributed by atoms with E-state index in [9.17, 15) is 4.79 Å². The Kier molecular flexibility index (Phi) is 13.7. The van der Waals surface area contributed by atoms with Gasteiger partial charge in [-0.05, 0) is 12.8 Å². The first kappa shape index (κ1) is 21.0. The maximum absolute atomic E-state index is 10.8. The number of halogens is 2. The average molecular weight is 353 g/mol. The largest absolute Gasteiger partial charge is 0.463 e. The molecule has 0 heterocycles. The lowest BCUT2D eigenvalue weighted by atomic mass is 10.1. The predicted molar refractivity (Wildman–Crippen MR) is 96.3 cm³/mol. The van der Waals surface area contributed by atoms with Gasteiger partial charge in [-0.2, -0.15) is 0 Å². The van der Waals surface area contributed by atoms with Crippen molar-refractivity contribution < 1.29 is 9.53 Å². The zero-order chi connectivity index (χ0) is 16.0. The molecule has 0 amide bonds. The van der Waals surface area contributed by atoms with Gasteiger partial charge in [0.05, 0.1) is 10.6 Å². The fourth-order valence-corrected chi connectivity index (χ4v) is 2.80. The molecule has 0 fully saturated rings. The van der Waals surface area contributed by atoms with E-state index in [4.69, 9.17) is 27.9 Å². The summed E-state index contributed by atoms with van der Waals surface area (Å²) >= 11 is 12.0. The lowest BCUT2D eigenvalue weighted by Gasteiger charge is -2.12. The van der Waals surface area contributed by atoms with Crippen molar-refractivity contribution in [3.05, 3.63) is 12.7 Å². The molecule has 0 saturated carbocycles. The van der Waals surface area contributed by atoms with Crippen LogP contribution in [0.15, 0.2) is 12.7 Å². The minimum absolute atomic E-state index is 0.319. The molecule has 2 nitrogen and oxygen atoms in total. The molecule has 0 bridgehead atoms. The number of ether oxygens (including phenoxy) is 1. The Labute approximate surface area is 143 Å². The Bertz CT molecular complexity index is 278. The first-order valence-electron chi connectivity index (χ1n) is 8.13. The van der Waals surface area contributed by atoms with Crippen molar-refractivity contribution in [2.75, 3.05) is 6.61 Å². The highest BCUT2D eigenvalue weighted by molar-refractivity contribution is 6.65. The van der Waals surface area contributed by atoms with E-state index < -0.39 is 3.96 Å². The average Bonchev–Trinajstić information content (AvgIpc) is 2.42. The summed E-state index contributed by atoms with van der Waals surface area (Å²) in [6.07, 6.45) is 14.4. The van der Waals surface area contributed by atoms with Crippen LogP contribution in [0.1, 0.15) is 70.6 Å². The second-order valence-corrected chi connectivity index (χ2v) is 10.6. The van der Waals surface area contributed by atoms with Gasteiger partial charge in [0.25, 0.3) is 0 Å². The van der Waals surface area contributed by atoms with Crippen molar-refractivity contribution >= 4 is 39.4 Å². The van der Waals surface area contributed by atoms with Gasteiger partial charge in [0.2, 0.25) is 0 Å². The fraction of sp³-hybridized carbons (Fsp3) is 0.812. The summed E-state index contributed by atoms with van der Waals surface area (Å²) in [6.45, 7) is 3.88. The Hall–Kier alpha value is 0.00688. The molecule has 0 saturated heterocycles. The van der Waals surface area contributed by atoms with Gasteiger partial charge in [0.1, 0.15) is 0 Å². The van der Waals surface area contributed by atoms with Crippen molar-refractivity contribution in [2.45, 2.75) is 74.6 Å². The van der Waals surface area contributed by atoms with Crippen LogP contribution >= 0.6 is 23.2 Å². The molecule has 0 aliphatic carbocycles. The van der Waals surface area contributed by atoms with Crippen molar-refractivity contribution in [2.24, 2.45) is 0 Å². The smallest absolute Gasteiger partial charge is 0.330 e. The van der Waals surface area contributed by atoms with Crippen LogP contribution in [-0.4, -0.2) is 26.8 Å². The molecule has 21 heavy (non-hydrogen) atoms. The van der Waals surface area contributed by atoms with Gasteiger partial charge in [0, 0.05) is 16.3 Å². The van der Waals surface area contributed by atoms with Crippen molar-refractivity contribution in [3.63, 3.8) is 0 Å². The molecular formula is C16H30Cl2O2Si. The van der Waals surface area contributed by atoms with Crippen LogP contribution in [0, 0.1) is 0 Å². The molecule has 0 rings (SSSR count). The highest BCUT2D eigenvalue weighted by Crippen LogP contribution is 2.23. The SMILES string of the molecule is C=CC(=O)OCCCCCCCCCCCCC([SiH3])(Cl)Cl. The molecule has 0 aromatic carbocycles. The van der Waals surface area contributed by atoms with Crippen molar-refractivity contribution in [1.29, 1.82) is 0 Å². The van der Waals surface area contributed by atoms with Crippen LogP contribution in [0.25, 0.3) is 0 Å². The molecule has 124 valence electrons. The van der Waals surface area contributed by atoms with Crippen LogP contribution in [-0.2, 0) is 9.53 Å². The van der Waals surface area contributed by atoms with Gasteiger partial charge in [-0.25, -0.2) is 4.79 Å².